The Morgan fingerprint density at radius 3 is 2.71 bits per heavy atom. The minimum Gasteiger partial charge on any atom is -0.380 e. The number of thioether (sulfide) groups is 1. The van der Waals surface area contributed by atoms with Gasteiger partial charge in [-0.25, -0.2) is 0 Å². The fourth-order valence-electron chi connectivity index (χ4n) is 1.19. The van der Waals surface area contributed by atoms with Crippen LogP contribution in [0.2, 0.25) is 0 Å². The maximum atomic E-state index is 5.67. The summed E-state index contributed by atoms with van der Waals surface area (Å²) in [5, 5.41) is 3.42. The maximum Gasteiger partial charge on any atom is 0.0667 e. The van der Waals surface area contributed by atoms with Crippen LogP contribution in [-0.4, -0.2) is 44.4 Å². The van der Waals surface area contributed by atoms with Gasteiger partial charge in [-0.15, -0.1) is 0 Å². The van der Waals surface area contributed by atoms with E-state index < -0.39 is 0 Å². The van der Waals surface area contributed by atoms with Gasteiger partial charge in [0, 0.05) is 26.2 Å². The molecule has 0 heterocycles. The van der Waals surface area contributed by atoms with E-state index in [2.05, 4.69) is 18.5 Å². The van der Waals surface area contributed by atoms with Crippen molar-refractivity contribution in [3.63, 3.8) is 0 Å². The number of methoxy groups -OCH3 is 1. The normalized spacial score (nSPS) is 15.4. The van der Waals surface area contributed by atoms with E-state index in [1.54, 1.807) is 7.11 Å². The standard InChI is InChI=1S/C10H24N2OS/c1-9(13-2)8-12-10(7-11)5-4-6-14-3/h9-10,12H,4-8,11H2,1-3H3. The molecule has 86 valence electrons. The zero-order chi connectivity index (χ0) is 10.8. The SMILES string of the molecule is COC(C)CNC(CN)CCCSC. The van der Waals surface area contributed by atoms with Gasteiger partial charge in [0.2, 0.25) is 0 Å². The summed E-state index contributed by atoms with van der Waals surface area (Å²) in [5.74, 6) is 1.22. The third-order valence-electron chi connectivity index (χ3n) is 2.28. The van der Waals surface area contributed by atoms with E-state index in [0.717, 1.165) is 13.0 Å². The predicted octanol–water partition coefficient (Wildman–Crippen LogP) is 1.08. The van der Waals surface area contributed by atoms with Gasteiger partial charge < -0.3 is 15.8 Å². The molecule has 0 aromatic rings. The van der Waals surface area contributed by atoms with E-state index >= 15 is 0 Å². The van der Waals surface area contributed by atoms with Crippen LogP contribution >= 0.6 is 11.8 Å². The van der Waals surface area contributed by atoms with Crippen molar-refractivity contribution in [2.24, 2.45) is 5.73 Å². The van der Waals surface area contributed by atoms with Crippen molar-refractivity contribution in [1.29, 1.82) is 0 Å². The van der Waals surface area contributed by atoms with Gasteiger partial charge in [0.15, 0.2) is 0 Å². The lowest BCUT2D eigenvalue weighted by Crippen LogP contribution is -2.40. The number of hydrogen-bond donors (Lipinski definition) is 2. The summed E-state index contributed by atoms with van der Waals surface area (Å²) in [6.45, 7) is 3.66. The van der Waals surface area contributed by atoms with Crippen LogP contribution in [0.25, 0.3) is 0 Å². The summed E-state index contributed by atoms with van der Waals surface area (Å²) in [7, 11) is 1.73. The minimum absolute atomic E-state index is 0.268. The molecule has 0 aromatic heterocycles. The molecule has 0 aromatic carbocycles. The third kappa shape index (κ3) is 7.62. The smallest absolute Gasteiger partial charge is 0.0667 e. The minimum atomic E-state index is 0.268. The van der Waals surface area contributed by atoms with Gasteiger partial charge in [-0.05, 0) is 31.8 Å². The second-order valence-electron chi connectivity index (χ2n) is 3.52. The van der Waals surface area contributed by atoms with Gasteiger partial charge in [-0.1, -0.05) is 0 Å². The Labute approximate surface area is 92.2 Å². The lowest BCUT2D eigenvalue weighted by Gasteiger charge is -2.19. The van der Waals surface area contributed by atoms with Crippen LogP contribution < -0.4 is 11.1 Å². The molecule has 0 saturated heterocycles. The van der Waals surface area contributed by atoms with Gasteiger partial charge >= 0.3 is 0 Å². The van der Waals surface area contributed by atoms with E-state index in [4.69, 9.17) is 10.5 Å². The molecular formula is C10H24N2OS. The summed E-state index contributed by atoms with van der Waals surface area (Å²) < 4.78 is 5.16. The third-order valence-corrected chi connectivity index (χ3v) is 2.98. The summed E-state index contributed by atoms with van der Waals surface area (Å²) >= 11 is 1.89. The van der Waals surface area contributed by atoms with Crippen LogP contribution in [0, 0.1) is 0 Å². The molecule has 3 nitrogen and oxygen atoms in total. The van der Waals surface area contributed by atoms with Gasteiger partial charge in [0.1, 0.15) is 0 Å². The van der Waals surface area contributed by atoms with E-state index in [9.17, 15) is 0 Å². The number of ether oxygens (including phenoxy) is 1. The maximum absolute atomic E-state index is 5.67. The van der Waals surface area contributed by atoms with Crippen LogP contribution in [0.5, 0.6) is 0 Å². The first-order valence-corrected chi connectivity index (χ1v) is 6.59. The van der Waals surface area contributed by atoms with Crippen molar-refractivity contribution in [3.05, 3.63) is 0 Å². The topological polar surface area (TPSA) is 47.3 Å². The molecule has 3 N–H and O–H groups in total. The lowest BCUT2D eigenvalue weighted by molar-refractivity contribution is 0.114. The molecule has 0 spiro atoms. The van der Waals surface area contributed by atoms with Crippen molar-refractivity contribution in [3.8, 4) is 0 Å². The number of rotatable bonds is 9. The first-order valence-electron chi connectivity index (χ1n) is 5.19. The molecule has 2 unspecified atom stereocenters. The predicted molar refractivity (Wildman–Crippen MR) is 64.9 cm³/mol. The molecule has 0 saturated carbocycles. The van der Waals surface area contributed by atoms with Crippen molar-refractivity contribution >= 4 is 11.8 Å². The van der Waals surface area contributed by atoms with E-state index in [1.807, 2.05) is 11.8 Å². The Bertz CT molecular complexity index is 125. The second kappa shape index (κ2) is 9.77. The van der Waals surface area contributed by atoms with E-state index in [-0.39, 0.29) is 6.10 Å². The van der Waals surface area contributed by atoms with Crippen LogP contribution in [0.4, 0.5) is 0 Å². The highest BCUT2D eigenvalue weighted by atomic mass is 32.2. The van der Waals surface area contributed by atoms with Crippen LogP contribution in [0.1, 0.15) is 19.8 Å². The van der Waals surface area contributed by atoms with Crippen LogP contribution in [0.3, 0.4) is 0 Å². The average molecular weight is 220 g/mol. The Morgan fingerprint density at radius 1 is 1.50 bits per heavy atom. The van der Waals surface area contributed by atoms with Crippen molar-refractivity contribution in [2.75, 3.05) is 32.2 Å². The van der Waals surface area contributed by atoms with Gasteiger partial charge in [0.05, 0.1) is 6.10 Å². The first kappa shape index (κ1) is 14.2. The molecule has 0 bridgehead atoms. The average Bonchev–Trinajstić information content (AvgIpc) is 2.22. The molecule has 0 amide bonds. The van der Waals surface area contributed by atoms with Crippen molar-refractivity contribution in [2.45, 2.75) is 31.9 Å². The highest BCUT2D eigenvalue weighted by Gasteiger charge is 2.07. The second-order valence-corrected chi connectivity index (χ2v) is 4.51. The molecular weight excluding hydrogens is 196 g/mol. The quantitative estimate of drug-likeness (QED) is 0.571. The molecule has 4 heteroatoms. The molecule has 0 radical (unpaired) electrons. The number of nitrogens with two attached hydrogens (primary N) is 1. The summed E-state index contributed by atoms with van der Waals surface area (Å²) in [6.07, 6.45) is 4.80. The molecule has 2 atom stereocenters. The van der Waals surface area contributed by atoms with Crippen LogP contribution in [0.15, 0.2) is 0 Å². The molecule has 0 aliphatic carbocycles. The summed E-state index contributed by atoms with van der Waals surface area (Å²) in [5.41, 5.74) is 5.67. The zero-order valence-corrected chi connectivity index (χ0v) is 10.4. The van der Waals surface area contributed by atoms with Gasteiger partial charge in [-0.3, -0.25) is 0 Å². The number of nitrogens with one attached hydrogen (secondary N) is 1. The molecule has 14 heavy (non-hydrogen) atoms. The van der Waals surface area contributed by atoms with Gasteiger partial charge in [0.25, 0.3) is 0 Å². The molecule has 0 fully saturated rings. The zero-order valence-electron chi connectivity index (χ0n) is 9.58. The fourth-order valence-corrected chi connectivity index (χ4v) is 1.65. The van der Waals surface area contributed by atoms with E-state index in [1.165, 1.54) is 12.2 Å². The fraction of sp³-hybridized carbons (Fsp3) is 1.00. The lowest BCUT2D eigenvalue weighted by atomic mass is 10.1. The highest BCUT2D eigenvalue weighted by molar-refractivity contribution is 7.98. The largest absolute Gasteiger partial charge is 0.380 e. The van der Waals surface area contributed by atoms with E-state index in [0.29, 0.717) is 12.6 Å². The first-order chi connectivity index (χ1) is 6.74. The van der Waals surface area contributed by atoms with Crippen molar-refractivity contribution in [1.82, 2.24) is 5.32 Å². The Morgan fingerprint density at radius 2 is 2.21 bits per heavy atom. The summed E-state index contributed by atoms with van der Waals surface area (Å²) in [4.78, 5) is 0. The molecule has 0 aliphatic heterocycles. The monoisotopic (exact) mass is 220 g/mol. The Kier molecular flexibility index (Phi) is 9.93. The molecule has 0 rings (SSSR count). The number of hydrogen-bond acceptors (Lipinski definition) is 4. The van der Waals surface area contributed by atoms with Crippen molar-refractivity contribution < 1.29 is 4.74 Å². The van der Waals surface area contributed by atoms with Crippen LogP contribution in [-0.2, 0) is 4.74 Å². The summed E-state index contributed by atoms with van der Waals surface area (Å²) in [6, 6.07) is 0.444. The Hall–Kier alpha value is 0.230. The van der Waals surface area contributed by atoms with Gasteiger partial charge in [-0.2, -0.15) is 11.8 Å². The highest BCUT2D eigenvalue weighted by Crippen LogP contribution is 2.02. The molecule has 0 aliphatic rings. The Balaban J connectivity index is 3.47.